The molecule has 3 rings (SSSR count). The minimum atomic E-state index is -0.0762. The Bertz CT molecular complexity index is 673. The van der Waals surface area contributed by atoms with Crippen LogP contribution in [-0.4, -0.2) is 16.1 Å². The first-order valence-corrected chi connectivity index (χ1v) is 6.56. The Morgan fingerprint density at radius 3 is 2.89 bits per heavy atom. The van der Waals surface area contributed by atoms with Crippen molar-refractivity contribution in [1.82, 2.24) is 10.2 Å². The van der Waals surface area contributed by atoms with E-state index in [1.165, 1.54) is 0 Å². The third kappa shape index (κ3) is 1.94. The molecule has 0 unspecified atom stereocenters. The third-order valence-electron chi connectivity index (χ3n) is 2.78. The molecule has 4 nitrogen and oxygen atoms in total. The van der Waals surface area contributed by atoms with Crippen molar-refractivity contribution in [2.45, 2.75) is 6.92 Å². The fourth-order valence-corrected chi connectivity index (χ4v) is 2.46. The normalized spacial score (nSPS) is 15.9. The van der Waals surface area contributed by atoms with Gasteiger partial charge in [0.05, 0.1) is 11.3 Å². The molecular weight excluding hydrogens is 341 g/mol. The maximum absolute atomic E-state index is 11.9. The van der Waals surface area contributed by atoms with Crippen LogP contribution in [0.1, 0.15) is 17.0 Å². The zero-order valence-corrected chi connectivity index (χ0v) is 11.8. The number of benzene rings is 1. The van der Waals surface area contributed by atoms with Crippen LogP contribution in [0.25, 0.3) is 11.6 Å². The minimum Gasteiger partial charge on any atom is -0.321 e. The highest BCUT2D eigenvalue weighted by atomic mass is 127. The number of fused-ring (bicyclic) bond motifs is 1. The van der Waals surface area contributed by atoms with Crippen molar-refractivity contribution in [1.29, 1.82) is 0 Å². The quantitative estimate of drug-likeness (QED) is 0.613. The Balaban J connectivity index is 2.11. The lowest BCUT2D eigenvalue weighted by Gasteiger charge is -1.98. The molecule has 1 aliphatic rings. The van der Waals surface area contributed by atoms with Crippen LogP contribution >= 0.6 is 22.6 Å². The van der Waals surface area contributed by atoms with Crippen molar-refractivity contribution in [3.05, 3.63) is 44.8 Å². The summed E-state index contributed by atoms with van der Waals surface area (Å²) in [4.78, 5) is 11.9. The zero-order chi connectivity index (χ0) is 12.7. The Hall–Kier alpha value is -1.63. The van der Waals surface area contributed by atoms with Gasteiger partial charge < -0.3 is 5.32 Å². The second kappa shape index (κ2) is 4.24. The van der Waals surface area contributed by atoms with Gasteiger partial charge in [-0.05, 0) is 59.9 Å². The van der Waals surface area contributed by atoms with Crippen LogP contribution in [0.5, 0.6) is 0 Å². The molecule has 0 atom stereocenters. The van der Waals surface area contributed by atoms with E-state index in [4.69, 9.17) is 0 Å². The van der Waals surface area contributed by atoms with Gasteiger partial charge in [-0.3, -0.25) is 9.89 Å². The fraction of sp³-hybridized carbons (Fsp3) is 0.0769. The second-order valence-electron chi connectivity index (χ2n) is 4.18. The predicted molar refractivity (Wildman–Crippen MR) is 79.0 cm³/mol. The number of amides is 1. The highest BCUT2D eigenvalue weighted by Gasteiger charge is 2.24. The number of carbonyl (C=O) groups is 1. The fourth-order valence-electron chi connectivity index (χ4n) is 1.96. The van der Waals surface area contributed by atoms with E-state index in [0.717, 1.165) is 26.2 Å². The Morgan fingerprint density at radius 2 is 2.17 bits per heavy atom. The molecule has 0 saturated carbocycles. The molecule has 0 bridgehead atoms. The molecular formula is C13H10IN3O. The van der Waals surface area contributed by atoms with E-state index in [2.05, 4.69) is 38.1 Å². The molecule has 1 aliphatic heterocycles. The summed E-state index contributed by atoms with van der Waals surface area (Å²) < 4.78 is 1.10. The SMILES string of the molecule is Cc1cc(C=C2C(=O)Nc3ccc(I)cc32)n[nH]1. The summed E-state index contributed by atoms with van der Waals surface area (Å²) in [6.45, 7) is 1.93. The molecule has 2 heterocycles. The van der Waals surface area contributed by atoms with Crippen LogP contribution in [0.15, 0.2) is 24.3 Å². The number of anilines is 1. The maximum atomic E-state index is 11.9. The number of aromatic nitrogens is 2. The summed E-state index contributed by atoms with van der Waals surface area (Å²) >= 11 is 2.24. The third-order valence-corrected chi connectivity index (χ3v) is 3.45. The van der Waals surface area contributed by atoms with E-state index in [-0.39, 0.29) is 5.91 Å². The van der Waals surface area contributed by atoms with Crippen LogP contribution in [0.3, 0.4) is 0 Å². The van der Waals surface area contributed by atoms with Gasteiger partial charge in [-0.1, -0.05) is 0 Å². The van der Waals surface area contributed by atoms with Crippen LogP contribution in [-0.2, 0) is 4.79 Å². The smallest absolute Gasteiger partial charge is 0.256 e. The average Bonchev–Trinajstić information content (AvgIpc) is 2.86. The van der Waals surface area contributed by atoms with Crippen molar-refractivity contribution in [2.75, 3.05) is 5.32 Å². The summed E-state index contributed by atoms with van der Waals surface area (Å²) in [5.41, 5.74) is 4.20. The zero-order valence-electron chi connectivity index (χ0n) is 9.62. The van der Waals surface area contributed by atoms with E-state index in [9.17, 15) is 4.79 Å². The average molecular weight is 351 g/mol. The molecule has 1 amide bonds. The minimum absolute atomic E-state index is 0.0762. The number of hydrogen-bond donors (Lipinski definition) is 2. The molecule has 0 fully saturated rings. The van der Waals surface area contributed by atoms with Gasteiger partial charge >= 0.3 is 0 Å². The van der Waals surface area contributed by atoms with Gasteiger partial charge in [0, 0.05) is 20.5 Å². The first kappa shape index (κ1) is 11.5. The maximum Gasteiger partial charge on any atom is 0.256 e. The molecule has 1 aromatic carbocycles. The summed E-state index contributed by atoms with van der Waals surface area (Å²) in [6.07, 6.45) is 1.81. The number of halogens is 1. The summed E-state index contributed by atoms with van der Waals surface area (Å²) in [6, 6.07) is 7.80. The number of carbonyl (C=O) groups excluding carboxylic acids is 1. The van der Waals surface area contributed by atoms with Crippen LogP contribution in [0.2, 0.25) is 0 Å². The number of H-pyrrole nitrogens is 1. The lowest BCUT2D eigenvalue weighted by atomic mass is 10.1. The van der Waals surface area contributed by atoms with E-state index in [0.29, 0.717) is 5.57 Å². The van der Waals surface area contributed by atoms with Crippen molar-refractivity contribution in [3.63, 3.8) is 0 Å². The molecule has 1 aromatic heterocycles. The van der Waals surface area contributed by atoms with E-state index >= 15 is 0 Å². The highest BCUT2D eigenvalue weighted by molar-refractivity contribution is 14.1. The molecule has 90 valence electrons. The molecule has 0 saturated heterocycles. The first-order valence-electron chi connectivity index (χ1n) is 5.48. The van der Waals surface area contributed by atoms with Gasteiger partial charge in [-0.2, -0.15) is 5.10 Å². The summed E-state index contributed by atoms with van der Waals surface area (Å²) in [7, 11) is 0. The van der Waals surface area contributed by atoms with Crippen LogP contribution in [0, 0.1) is 10.5 Å². The van der Waals surface area contributed by atoms with Gasteiger partial charge in [0.2, 0.25) is 0 Å². The Kier molecular flexibility index (Phi) is 2.70. The number of nitrogens with one attached hydrogen (secondary N) is 2. The van der Waals surface area contributed by atoms with Crippen molar-refractivity contribution < 1.29 is 4.79 Å². The molecule has 0 spiro atoms. The van der Waals surface area contributed by atoms with Crippen molar-refractivity contribution in [2.24, 2.45) is 0 Å². The standard InChI is InChI=1S/C13H10IN3O/c1-7-4-9(17-16-7)6-11-10-5-8(14)2-3-12(10)15-13(11)18/h2-6H,1H3,(H,15,18)(H,16,17). The molecule has 0 radical (unpaired) electrons. The molecule has 2 aromatic rings. The van der Waals surface area contributed by atoms with E-state index < -0.39 is 0 Å². The van der Waals surface area contributed by atoms with E-state index in [1.807, 2.05) is 31.2 Å². The van der Waals surface area contributed by atoms with E-state index in [1.54, 1.807) is 6.08 Å². The predicted octanol–water partition coefficient (Wildman–Crippen LogP) is 2.82. The number of hydrogen-bond acceptors (Lipinski definition) is 2. The highest BCUT2D eigenvalue weighted by Crippen LogP contribution is 2.33. The van der Waals surface area contributed by atoms with Gasteiger partial charge in [-0.25, -0.2) is 0 Å². The Labute approximate surface area is 118 Å². The van der Waals surface area contributed by atoms with Gasteiger partial charge in [0.1, 0.15) is 0 Å². The van der Waals surface area contributed by atoms with Crippen LogP contribution < -0.4 is 5.32 Å². The van der Waals surface area contributed by atoms with Gasteiger partial charge in [0.25, 0.3) is 5.91 Å². The number of nitrogens with zero attached hydrogens (tertiary/aromatic N) is 1. The first-order chi connectivity index (χ1) is 8.63. The topological polar surface area (TPSA) is 57.8 Å². The number of aromatic amines is 1. The van der Waals surface area contributed by atoms with Gasteiger partial charge in [0.15, 0.2) is 0 Å². The Morgan fingerprint density at radius 1 is 1.33 bits per heavy atom. The molecule has 0 aliphatic carbocycles. The lowest BCUT2D eigenvalue weighted by molar-refractivity contribution is -0.110. The molecule has 5 heteroatoms. The van der Waals surface area contributed by atoms with Crippen LogP contribution in [0.4, 0.5) is 5.69 Å². The van der Waals surface area contributed by atoms with Crippen molar-refractivity contribution >= 4 is 45.8 Å². The summed E-state index contributed by atoms with van der Waals surface area (Å²) in [5, 5.41) is 9.84. The largest absolute Gasteiger partial charge is 0.321 e. The molecule has 18 heavy (non-hydrogen) atoms. The molecule has 2 N–H and O–H groups in total. The monoisotopic (exact) mass is 351 g/mol. The lowest BCUT2D eigenvalue weighted by Crippen LogP contribution is -2.03. The number of aryl methyl sites for hydroxylation is 1. The van der Waals surface area contributed by atoms with Gasteiger partial charge in [-0.15, -0.1) is 0 Å². The second-order valence-corrected chi connectivity index (χ2v) is 5.42. The summed E-state index contributed by atoms with van der Waals surface area (Å²) in [5.74, 6) is -0.0762. The number of rotatable bonds is 1. The van der Waals surface area contributed by atoms with Crippen molar-refractivity contribution in [3.8, 4) is 0 Å².